The molecule has 0 saturated carbocycles. The highest BCUT2D eigenvalue weighted by molar-refractivity contribution is 9.10. The van der Waals surface area contributed by atoms with Crippen LogP contribution in [0.3, 0.4) is 0 Å². The van der Waals surface area contributed by atoms with Crippen LogP contribution in [0.1, 0.15) is 16.7 Å². The van der Waals surface area contributed by atoms with Gasteiger partial charge in [-0.2, -0.15) is 0 Å². The maximum atomic E-state index is 3.74. The van der Waals surface area contributed by atoms with E-state index < -0.39 is 0 Å². The van der Waals surface area contributed by atoms with Gasteiger partial charge in [-0.25, -0.2) is 0 Å². The van der Waals surface area contributed by atoms with Crippen molar-refractivity contribution in [2.75, 3.05) is 0 Å². The fourth-order valence-corrected chi connectivity index (χ4v) is 3.70. The van der Waals surface area contributed by atoms with Gasteiger partial charge in [0.15, 0.2) is 0 Å². The first-order chi connectivity index (χ1) is 12.7. The van der Waals surface area contributed by atoms with E-state index >= 15 is 0 Å². The third-order valence-corrected chi connectivity index (χ3v) is 5.13. The second kappa shape index (κ2) is 7.20. The van der Waals surface area contributed by atoms with Gasteiger partial charge in [0.2, 0.25) is 0 Å². The second-order valence-corrected chi connectivity index (χ2v) is 7.16. The van der Waals surface area contributed by atoms with Crippen LogP contribution in [0, 0.1) is 18.8 Å². The number of hydrogen-bond acceptors (Lipinski definition) is 0. The summed E-state index contributed by atoms with van der Waals surface area (Å²) in [5.74, 6) is 6.68. The molecule has 0 fully saturated rings. The molecule has 0 aliphatic rings. The van der Waals surface area contributed by atoms with Gasteiger partial charge in [-0.3, -0.25) is 0 Å². The minimum absolute atomic E-state index is 1.02. The number of fused-ring (bicyclic) bond motifs is 1. The average molecular weight is 397 g/mol. The largest absolute Gasteiger partial charge is 0.0616 e. The smallest absolute Gasteiger partial charge is 0.0339 e. The summed E-state index contributed by atoms with van der Waals surface area (Å²) in [5, 5.41) is 2.47. The third-order valence-electron chi connectivity index (χ3n) is 4.47. The molecule has 0 aliphatic carbocycles. The van der Waals surface area contributed by atoms with Gasteiger partial charge in [0.05, 0.1) is 0 Å². The summed E-state index contributed by atoms with van der Waals surface area (Å²) in [6, 6.07) is 29.4. The molecule has 0 aromatic heterocycles. The first-order valence-electron chi connectivity index (χ1n) is 8.58. The van der Waals surface area contributed by atoms with Crippen LogP contribution in [-0.2, 0) is 0 Å². The van der Waals surface area contributed by atoms with Crippen LogP contribution >= 0.6 is 15.9 Å². The Hall–Kier alpha value is -2.82. The lowest BCUT2D eigenvalue weighted by Gasteiger charge is -2.11. The number of halogens is 1. The summed E-state index contributed by atoms with van der Waals surface area (Å²) in [7, 11) is 0. The molecular weight excluding hydrogens is 380 g/mol. The van der Waals surface area contributed by atoms with Crippen molar-refractivity contribution in [3.8, 4) is 23.0 Å². The Labute approximate surface area is 162 Å². The molecule has 0 bridgehead atoms. The Morgan fingerprint density at radius 1 is 0.692 bits per heavy atom. The molecule has 1 heteroatoms. The molecule has 0 saturated heterocycles. The fraction of sp³-hybridized carbons (Fsp3) is 0.0400. The Morgan fingerprint density at radius 2 is 1.42 bits per heavy atom. The molecule has 4 rings (SSSR count). The SMILES string of the molecule is Cc1ccc(C#Cc2cccc(Br)c2-c2cccc3ccccc23)cc1. The van der Waals surface area contributed by atoms with Crippen molar-refractivity contribution in [2.45, 2.75) is 6.92 Å². The van der Waals surface area contributed by atoms with Gasteiger partial charge in [0.25, 0.3) is 0 Å². The molecule has 0 heterocycles. The van der Waals surface area contributed by atoms with Crippen molar-refractivity contribution in [1.82, 2.24) is 0 Å². The monoisotopic (exact) mass is 396 g/mol. The average Bonchev–Trinajstić information content (AvgIpc) is 2.67. The van der Waals surface area contributed by atoms with Crippen molar-refractivity contribution in [2.24, 2.45) is 0 Å². The molecule has 0 amide bonds. The van der Waals surface area contributed by atoms with Gasteiger partial charge in [0.1, 0.15) is 0 Å². The molecule has 0 unspecified atom stereocenters. The van der Waals surface area contributed by atoms with E-state index in [9.17, 15) is 0 Å². The predicted molar refractivity (Wildman–Crippen MR) is 114 cm³/mol. The first kappa shape index (κ1) is 16.6. The van der Waals surface area contributed by atoms with Crippen LogP contribution in [0.2, 0.25) is 0 Å². The minimum Gasteiger partial charge on any atom is -0.0616 e. The van der Waals surface area contributed by atoms with Crippen LogP contribution in [0.15, 0.2) is 89.4 Å². The minimum atomic E-state index is 1.02. The summed E-state index contributed by atoms with van der Waals surface area (Å²) >= 11 is 3.74. The van der Waals surface area contributed by atoms with Crippen LogP contribution < -0.4 is 0 Å². The fourth-order valence-electron chi connectivity index (χ4n) is 3.12. The molecule has 0 radical (unpaired) electrons. The molecule has 0 nitrogen and oxygen atoms in total. The third kappa shape index (κ3) is 3.29. The molecule has 0 spiro atoms. The van der Waals surface area contributed by atoms with E-state index in [-0.39, 0.29) is 0 Å². The lowest BCUT2D eigenvalue weighted by Crippen LogP contribution is -1.88. The Bertz CT molecular complexity index is 1140. The zero-order chi connectivity index (χ0) is 17.9. The van der Waals surface area contributed by atoms with E-state index in [4.69, 9.17) is 0 Å². The Kier molecular flexibility index (Phi) is 4.61. The predicted octanol–water partition coefficient (Wildman–Crippen LogP) is 6.98. The summed E-state index contributed by atoms with van der Waals surface area (Å²) in [5.41, 5.74) is 5.64. The second-order valence-electron chi connectivity index (χ2n) is 6.31. The zero-order valence-corrected chi connectivity index (χ0v) is 16.0. The molecule has 4 aromatic rings. The van der Waals surface area contributed by atoms with Gasteiger partial charge < -0.3 is 0 Å². The van der Waals surface area contributed by atoms with Crippen molar-refractivity contribution >= 4 is 26.7 Å². The molecule has 124 valence electrons. The molecule has 26 heavy (non-hydrogen) atoms. The van der Waals surface area contributed by atoms with Gasteiger partial charge in [-0.05, 0) is 47.5 Å². The molecular formula is C25H17Br. The van der Waals surface area contributed by atoms with Crippen molar-refractivity contribution in [3.05, 3.63) is 106 Å². The summed E-state index contributed by atoms with van der Waals surface area (Å²) in [6.07, 6.45) is 0. The summed E-state index contributed by atoms with van der Waals surface area (Å²) < 4.78 is 1.06. The highest BCUT2D eigenvalue weighted by Gasteiger charge is 2.11. The first-order valence-corrected chi connectivity index (χ1v) is 9.37. The van der Waals surface area contributed by atoms with E-state index in [1.165, 1.54) is 21.9 Å². The lowest BCUT2D eigenvalue weighted by atomic mass is 9.94. The van der Waals surface area contributed by atoms with Gasteiger partial charge in [-0.15, -0.1) is 0 Å². The summed E-state index contributed by atoms with van der Waals surface area (Å²) in [4.78, 5) is 0. The van der Waals surface area contributed by atoms with Gasteiger partial charge in [-0.1, -0.05) is 94.0 Å². The number of benzene rings is 4. The highest BCUT2D eigenvalue weighted by Crippen LogP contribution is 2.36. The zero-order valence-electron chi connectivity index (χ0n) is 14.5. The van der Waals surface area contributed by atoms with Crippen LogP contribution in [-0.4, -0.2) is 0 Å². The number of rotatable bonds is 1. The van der Waals surface area contributed by atoms with Crippen LogP contribution in [0.25, 0.3) is 21.9 Å². The Balaban J connectivity index is 1.89. The number of aryl methyl sites for hydroxylation is 1. The molecule has 0 N–H and O–H groups in total. The maximum absolute atomic E-state index is 3.74. The topological polar surface area (TPSA) is 0 Å². The normalized spacial score (nSPS) is 10.4. The standard InChI is InChI=1S/C25H17Br/c1-18-12-14-19(15-13-18)16-17-21-8-5-11-24(26)25(21)23-10-4-7-20-6-2-3-9-22(20)23/h2-15H,1H3. The van der Waals surface area contributed by atoms with Crippen molar-refractivity contribution < 1.29 is 0 Å². The molecule has 0 atom stereocenters. The van der Waals surface area contributed by atoms with E-state index in [0.717, 1.165) is 21.2 Å². The molecule has 4 aromatic carbocycles. The van der Waals surface area contributed by atoms with Crippen LogP contribution in [0.5, 0.6) is 0 Å². The van der Waals surface area contributed by atoms with Crippen LogP contribution in [0.4, 0.5) is 0 Å². The van der Waals surface area contributed by atoms with Crippen molar-refractivity contribution in [3.63, 3.8) is 0 Å². The molecule has 0 aliphatic heterocycles. The van der Waals surface area contributed by atoms with E-state index in [1.807, 2.05) is 6.07 Å². The lowest BCUT2D eigenvalue weighted by molar-refractivity contribution is 1.46. The van der Waals surface area contributed by atoms with Gasteiger partial charge >= 0.3 is 0 Å². The van der Waals surface area contributed by atoms with Gasteiger partial charge in [0, 0.05) is 21.2 Å². The Morgan fingerprint density at radius 3 is 2.27 bits per heavy atom. The van der Waals surface area contributed by atoms with Crippen molar-refractivity contribution in [1.29, 1.82) is 0 Å². The van der Waals surface area contributed by atoms with E-state index in [1.54, 1.807) is 0 Å². The van der Waals surface area contributed by atoms with E-state index in [2.05, 4.69) is 114 Å². The summed E-state index contributed by atoms with van der Waals surface area (Å²) in [6.45, 7) is 2.09. The van der Waals surface area contributed by atoms with E-state index in [0.29, 0.717) is 0 Å². The maximum Gasteiger partial charge on any atom is 0.0339 e. The quantitative estimate of drug-likeness (QED) is 0.304. The highest BCUT2D eigenvalue weighted by atomic mass is 79.9. The number of hydrogen-bond donors (Lipinski definition) is 0.